The normalized spacial score (nSPS) is 20.5. The van der Waals surface area contributed by atoms with E-state index in [1.54, 1.807) is 0 Å². The maximum absolute atomic E-state index is 4.51. The molecule has 92 valence electrons. The molecule has 0 aliphatic heterocycles. The van der Waals surface area contributed by atoms with Gasteiger partial charge < -0.3 is 0 Å². The lowest BCUT2D eigenvalue weighted by Gasteiger charge is -2.21. The summed E-state index contributed by atoms with van der Waals surface area (Å²) in [5.74, 6) is 0.700. The predicted molar refractivity (Wildman–Crippen MR) is 73.1 cm³/mol. The number of rotatable bonds is 2. The fourth-order valence-electron chi connectivity index (χ4n) is 2.38. The van der Waals surface area contributed by atoms with E-state index in [0.717, 1.165) is 6.42 Å². The van der Waals surface area contributed by atoms with Crippen molar-refractivity contribution in [1.29, 1.82) is 0 Å². The molecule has 1 nitrogen and oxygen atoms in total. The van der Waals surface area contributed by atoms with Crippen LogP contribution in [0.15, 0.2) is 30.5 Å². The van der Waals surface area contributed by atoms with E-state index < -0.39 is 0 Å². The summed E-state index contributed by atoms with van der Waals surface area (Å²) < 4.78 is 0. The van der Waals surface area contributed by atoms with E-state index in [0.29, 0.717) is 5.92 Å². The van der Waals surface area contributed by atoms with Crippen LogP contribution in [0.25, 0.3) is 0 Å². The molecule has 0 N–H and O–H groups in total. The van der Waals surface area contributed by atoms with Crippen LogP contribution in [0, 0.1) is 5.92 Å². The first kappa shape index (κ1) is 12.3. The van der Waals surface area contributed by atoms with E-state index in [9.17, 15) is 0 Å². The van der Waals surface area contributed by atoms with Gasteiger partial charge in [-0.05, 0) is 54.7 Å². The Morgan fingerprint density at radius 1 is 1.35 bits per heavy atom. The Balaban J connectivity index is 2.11. The van der Waals surface area contributed by atoms with Crippen LogP contribution in [0.2, 0.25) is 0 Å². The first-order valence-electron chi connectivity index (χ1n) is 6.68. The second kappa shape index (κ2) is 5.03. The van der Waals surface area contributed by atoms with Gasteiger partial charge in [0.15, 0.2) is 0 Å². The molecule has 0 radical (unpaired) electrons. The fourth-order valence-corrected chi connectivity index (χ4v) is 2.38. The van der Waals surface area contributed by atoms with Crippen LogP contribution in [0.4, 0.5) is 0 Å². The summed E-state index contributed by atoms with van der Waals surface area (Å²) in [6.45, 7) is 6.77. The van der Waals surface area contributed by atoms with Crippen LogP contribution in [0.5, 0.6) is 0 Å². The molecular formula is C16H23N. The number of nitrogens with zero attached hydrogens (tertiary/aromatic N) is 1. The minimum absolute atomic E-state index is 0.222. The van der Waals surface area contributed by atoms with Crippen molar-refractivity contribution in [2.75, 3.05) is 0 Å². The van der Waals surface area contributed by atoms with Gasteiger partial charge in [-0.3, -0.25) is 4.98 Å². The molecule has 0 amide bonds. The molecule has 1 aliphatic rings. The summed E-state index contributed by atoms with van der Waals surface area (Å²) in [4.78, 5) is 4.51. The fraction of sp³-hybridized carbons (Fsp3) is 0.562. The lowest BCUT2D eigenvalue weighted by molar-refractivity contribution is 0.530. The second-order valence-electron chi connectivity index (χ2n) is 6.11. The molecular weight excluding hydrogens is 206 g/mol. The topological polar surface area (TPSA) is 12.9 Å². The zero-order valence-corrected chi connectivity index (χ0v) is 11.2. The molecule has 0 aromatic carbocycles. The summed E-state index contributed by atoms with van der Waals surface area (Å²) in [6.07, 6.45) is 11.7. The average molecular weight is 229 g/mol. The van der Waals surface area contributed by atoms with Crippen molar-refractivity contribution in [2.45, 2.75) is 51.9 Å². The van der Waals surface area contributed by atoms with Gasteiger partial charge in [-0.1, -0.05) is 32.9 Å². The molecule has 1 aromatic heterocycles. The smallest absolute Gasteiger partial charge is 0.0412 e. The van der Waals surface area contributed by atoms with Gasteiger partial charge in [-0.15, -0.1) is 0 Å². The lowest BCUT2D eigenvalue weighted by atomic mass is 9.86. The molecule has 2 rings (SSSR count). The van der Waals surface area contributed by atoms with Crippen molar-refractivity contribution in [2.24, 2.45) is 5.92 Å². The third-order valence-electron chi connectivity index (χ3n) is 3.51. The van der Waals surface area contributed by atoms with E-state index in [4.69, 9.17) is 0 Å². The minimum atomic E-state index is 0.222. The van der Waals surface area contributed by atoms with E-state index in [1.165, 1.54) is 30.5 Å². The highest BCUT2D eigenvalue weighted by Crippen LogP contribution is 2.25. The summed E-state index contributed by atoms with van der Waals surface area (Å²) in [6, 6.07) is 4.42. The third-order valence-corrected chi connectivity index (χ3v) is 3.51. The van der Waals surface area contributed by atoms with Crippen LogP contribution in [0.1, 0.15) is 51.3 Å². The SMILES string of the molecule is CC(C)(C)c1ccnc(C[C@H]2C=CCCC2)c1. The number of hydrogen-bond acceptors (Lipinski definition) is 1. The Hall–Kier alpha value is -1.11. The zero-order chi connectivity index (χ0) is 12.3. The molecule has 0 bridgehead atoms. The molecule has 0 unspecified atom stereocenters. The quantitative estimate of drug-likeness (QED) is 0.690. The van der Waals surface area contributed by atoms with Gasteiger partial charge >= 0.3 is 0 Å². The first-order chi connectivity index (χ1) is 8.05. The summed E-state index contributed by atoms with van der Waals surface area (Å²) in [5, 5.41) is 0. The Kier molecular flexibility index (Phi) is 3.66. The third kappa shape index (κ3) is 3.42. The molecule has 1 aliphatic carbocycles. The van der Waals surface area contributed by atoms with Crippen molar-refractivity contribution in [3.63, 3.8) is 0 Å². The predicted octanol–water partition coefficient (Wildman–Crippen LogP) is 4.28. The zero-order valence-electron chi connectivity index (χ0n) is 11.2. The average Bonchev–Trinajstić information content (AvgIpc) is 2.29. The highest BCUT2D eigenvalue weighted by molar-refractivity contribution is 5.24. The minimum Gasteiger partial charge on any atom is -0.261 e. The van der Waals surface area contributed by atoms with Crippen LogP contribution >= 0.6 is 0 Å². The van der Waals surface area contributed by atoms with E-state index in [-0.39, 0.29) is 5.41 Å². The highest BCUT2D eigenvalue weighted by atomic mass is 14.7. The largest absolute Gasteiger partial charge is 0.261 e. The van der Waals surface area contributed by atoms with Crippen LogP contribution < -0.4 is 0 Å². The van der Waals surface area contributed by atoms with Gasteiger partial charge in [0.1, 0.15) is 0 Å². The van der Waals surface area contributed by atoms with E-state index in [2.05, 4.69) is 50.0 Å². The molecule has 17 heavy (non-hydrogen) atoms. The first-order valence-corrected chi connectivity index (χ1v) is 6.68. The number of allylic oxidation sites excluding steroid dienone is 2. The molecule has 0 spiro atoms. The number of pyridine rings is 1. The Morgan fingerprint density at radius 3 is 2.82 bits per heavy atom. The maximum Gasteiger partial charge on any atom is 0.0412 e. The molecule has 1 aromatic rings. The Labute approximate surface area is 105 Å². The standard InChI is InChI=1S/C16H23N/c1-16(2,3)14-9-10-17-15(12-14)11-13-7-5-4-6-8-13/h5,7,9-10,12-13H,4,6,8,11H2,1-3H3/t13-/m0/s1. The Bertz CT molecular complexity index is 398. The van der Waals surface area contributed by atoms with Crippen LogP contribution in [0.3, 0.4) is 0 Å². The molecule has 0 saturated carbocycles. The number of aromatic nitrogens is 1. The monoisotopic (exact) mass is 229 g/mol. The van der Waals surface area contributed by atoms with Gasteiger partial charge in [0.05, 0.1) is 0 Å². The molecule has 1 atom stereocenters. The van der Waals surface area contributed by atoms with Gasteiger partial charge in [0.25, 0.3) is 0 Å². The lowest BCUT2D eigenvalue weighted by Crippen LogP contribution is -2.13. The van der Waals surface area contributed by atoms with Gasteiger partial charge in [0, 0.05) is 11.9 Å². The summed E-state index contributed by atoms with van der Waals surface area (Å²) in [5.41, 5.74) is 2.86. The summed E-state index contributed by atoms with van der Waals surface area (Å²) >= 11 is 0. The van der Waals surface area contributed by atoms with E-state index in [1.807, 2.05) is 6.20 Å². The van der Waals surface area contributed by atoms with Crippen molar-refractivity contribution >= 4 is 0 Å². The maximum atomic E-state index is 4.51. The number of hydrogen-bond donors (Lipinski definition) is 0. The molecule has 0 fully saturated rings. The van der Waals surface area contributed by atoms with Gasteiger partial charge in [0.2, 0.25) is 0 Å². The van der Waals surface area contributed by atoms with Gasteiger partial charge in [-0.25, -0.2) is 0 Å². The van der Waals surface area contributed by atoms with Crippen molar-refractivity contribution in [3.05, 3.63) is 41.7 Å². The van der Waals surface area contributed by atoms with Crippen molar-refractivity contribution in [3.8, 4) is 0 Å². The summed E-state index contributed by atoms with van der Waals surface area (Å²) in [7, 11) is 0. The van der Waals surface area contributed by atoms with Crippen LogP contribution in [-0.2, 0) is 11.8 Å². The Morgan fingerprint density at radius 2 is 2.18 bits per heavy atom. The molecule has 1 heterocycles. The van der Waals surface area contributed by atoms with Gasteiger partial charge in [-0.2, -0.15) is 0 Å². The second-order valence-corrected chi connectivity index (χ2v) is 6.11. The van der Waals surface area contributed by atoms with Crippen LogP contribution in [-0.4, -0.2) is 4.98 Å². The van der Waals surface area contributed by atoms with Crippen molar-refractivity contribution < 1.29 is 0 Å². The van der Waals surface area contributed by atoms with Crippen molar-refractivity contribution in [1.82, 2.24) is 4.98 Å². The highest BCUT2D eigenvalue weighted by Gasteiger charge is 2.15. The molecule has 0 saturated heterocycles. The van der Waals surface area contributed by atoms with E-state index >= 15 is 0 Å². The molecule has 1 heteroatoms.